The van der Waals surface area contributed by atoms with Gasteiger partial charge in [-0.25, -0.2) is 4.98 Å². The van der Waals surface area contributed by atoms with Gasteiger partial charge >= 0.3 is 0 Å². The largest absolute Gasteiger partial charge is 0.493 e. The topological polar surface area (TPSA) is 82.2 Å². The lowest BCUT2D eigenvalue weighted by Crippen LogP contribution is -2.27. The number of rotatable bonds is 15. The molecular weight excluding hydrogens is 611 g/mol. The lowest BCUT2D eigenvalue weighted by Gasteiger charge is -2.22. The number of benzene rings is 4. The van der Waals surface area contributed by atoms with E-state index in [1.54, 1.807) is 14.2 Å². The van der Waals surface area contributed by atoms with E-state index in [0.29, 0.717) is 36.8 Å². The Hall–Kier alpha value is -4.86. The minimum absolute atomic E-state index is 0.153. The molecule has 1 amide bonds. The van der Waals surface area contributed by atoms with Crippen LogP contribution in [0.5, 0.6) is 23.0 Å². The molecule has 0 bridgehead atoms. The Morgan fingerprint density at radius 1 is 0.851 bits per heavy atom. The quantitative estimate of drug-likeness (QED) is 0.130. The van der Waals surface area contributed by atoms with E-state index in [2.05, 4.69) is 70.9 Å². The van der Waals surface area contributed by atoms with Crippen LogP contribution in [-0.2, 0) is 19.5 Å². The van der Waals surface area contributed by atoms with Gasteiger partial charge in [0.25, 0.3) is 5.91 Å². The molecule has 0 aliphatic carbocycles. The average Bonchev–Trinajstić information content (AvgIpc) is 3.79. The fourth-order valence-electron chi connectivity index (χ4n) is 5.83. The number of nitrogens with one attached hydrogen (secondary N) is 1. The fraction of sp³-hybridized carbons (Fsp3) is 0.263. The molecule has 0 spiro atoms. The van der Waals surface area contributed by atoms with E-state index >= 15 is 0 Å². The van der Waals surface area contributed by atoms with Crippen LogP contribution in [0.3, 0.4) is 0 Å². The molecule has 4 aromatic carbocycles. The van der Waals surface area contributed by atoms with Crippen molar-refractivity contribution in [2.75, 3.05) is 34.1 Å². The van der Waals surface area contributed by atoms with Gasteiger partial charge < -0.3 is 24.3 Å². The monoisotopic (exact) mass is 649 g/mol. The van der Waals surface area contributed by atoms with Crippen LogP contribution < -0.4 is 24.3 Å². The Morgan fingerprint density at radius 2 is 1.55 bits per heavy atom. The summed E-state index contributed by atoms with van der Waals surface area (Å²) in [6, 6.07) is 32.9. The smallest absolute Gasteiger partial charge is 0.270 e. The molecule has 1 aliphatic rings. The number of ether oxygens (including phenoxy) is 4. The molecular formula is C38H39N3O5S. The van der Waals surface area contributed by atoms with Crippen LogP contribution in [0.25, 0.3) is 0 Å². The zero-order valence-corrected chi connectivity index (χ0v) is 27.5. The van der Waals surface area contributed by atoms with Crippen molar-refractivity contribution in [3.05, 3.63) is 135 Å². The normalized spacial score (nSPS) is 12.0. The van der Waals surface area contributed by atoms with Gasteiger partial charge in [0.15, 0.2) is 23.0 Å². The van der Waals surface area contributed by atoms with Gasteiger partial charge in [-0.15, -0.1) is 11.3 Å². The number of hydrogen-bond acceptors (Lipinski definition) is 8. The summed E-state index contributed by atoms with van der Waals surface area (Å²) in [5.41, 5.74) is 5.17. The van der Waals surface area contributed by atoms with Gasteiger partial charge in [-0.1, -0.05) is 72.8 Å². The maximum Gasteiger partial charge on any atom is 0.270 e. The van der Waals surface area contributed by atoms with Gasteiger partial charge in [0.1, 0.15) is 10.7 Å². The zero-order valence-electron chi connectivity index (χ0n) is 26.7. The minimum atomic E-state index is -0.153. The van der Waals surface area contributed by atoms with E-state index < -0.39 is 0 Å². The van der Waals surface area contributed by atoms with Gasteiger partial charge in [0.05, 0.1) is 20.8 Å². The third-order valence-corrected chi connectivity index (χ3v) is 9.11. The van der Waals surface area contributed by atoms with Crippen molar-refractivity contribution in [2.24, 2.45) is 0 Å². The standard InChI is InChI=1S/C38H39N3O5S/c1-43-33-15-13-27(21-35(33)44-2)18-20-41(23-28-14-16-34-36(22-28)46-26-45-34)24-37-40-32(25-47-37)38(42)39-19-17-31(29-9-5-3-6-10-29)30-11-7-4-8-12-30/h3-16,21-22,25,31H,17-20,23-24,26H2,1-2H3,(H,39,42). The Bertz CT molecular complexity index is 1720. The molecule has 0 fully saturated rings. The lowest BCUT2D eigenvalue weighted by atomic mass is 9.88. The molecule has 0 unspecified atom stereocenters. The molecule has 8 nitrogen and oxygen atoms in total. The Morgan fingerprint density at radius 3 is 2.28 bits per heavy atom. The highest BCUT2D eigenvalue weighted by atomic mass is 32.1. The number of amides is 1. The third kappa shape index (κ3) is 8.30. The first-order valence-corrected chi connectivity index (χ1v) is 16.6. The van der Waals surface area contributed by atoms with Crippen LogP contribution in [0.4, 0.5) is 0 Å². The van der Waals surface area contributed by atoms with Gasteiger partial charge in [-0.2, -0.15) is 0 Å². The van der Waals surface area contributed by atoms with Crippen molar-refractivity contribution < 1.29 is 23.7 Å². The van der Waals surface area contributed by atoms with E-state index in [1.165, 1.54) is 22.5 Å². The number of carbonyl (C=O) groups excluding carboxylic acids is 1. The number of aromatic nitrogens is 1. The number of methoxy groups -OCH3 is 2. The summed E-state index contributed by atoms with van der Waals surface area (Å²) in [5.74, 6) is 2.98. The van der Waals surface area contributed by atoms with Gasteiger partial charge in [0, 0.05) is 30.9 Å². The molecule has 0 atom stereocenters. The molecule has 1 aliphatic heterocycles. The van der Waals surface area contributed by atoms with Crippen LogP contribution in [0, 0.1) is 0 Å². The molecule has 1 aromatic heterocycles. The maximum absolute atomic E-state index is 13.2. The molecule has 47 heavy (non-hydrogen) atoms. The van der Waals surface area contributed by atoms with Crippen LogP contribution in [0.15, 0.2) is 102 Å². The van der Waals surface area contributed by atoms with Crippen molar-refractivity contribution in [1.29, 1.82) is 0 Å². The number of hydrogen-bond donors (Lipinski definition) is 1. The highest BCUT2D eigenvalue weighted by molar-refractivity contribution is 7.09. The van der Waals surface area contributed by atoms with Crippen LogP contribution in [0.2, 0.25) is 0 Å². The van der Waals surface area contributed by atoms with Crippen LogP contribution in [-0.4, -0.2) is 49.9 Å². The molecule has 2 heterocycles. The Labute approximate surface area is 279 Å². The average molecular weight is 650 g/mol. The van der Waals surface area contributed by atoms with E-state index in [-0.39, 0.29) is 18.6 Å². The zero-order chi connectivity index (χ0) is 32.4. The van der Waals surface area contributed by atoms with Gasteiger partial charge in [-0.05, 0) is 59.4 Å². The second-order valence-electron chi connectivity index (χ2n) is 11.4. The van der Waals surface area contributed by atoms with Crippen molar-refractivity contribution in [2.45, 2.75) is 31.8 Å². The van der Waals surface area contributed by atoms with Crippen molar-refractivity contribution in [3.8, 4) is 23.0 Å². The number of fused-ring (bicyclic) bond motifs is 1. The molecule has 1 N–H and O–H groups in total. The molecule has 0 saturated heterocycles. The van der Waals surface area contributed by atoms with Crippen LogP contribution >= 0.6 is 11.3 Å². The first kappa shape index (κ1) is 32.1. The van der Waals surface area contributed by atoms with Crippen molar-refractivity contribution >= 4 is 17.2 Å². The molecule has 5 aromatic rings. The third-order valence-electron chi connectivity index (χ3n) is 8.27. The van der Waals surface area contributed by atoms with Gasteiger partial charge in [-0.3, -0.25) is 9.69 Å². The molecule has 242 valence electrons. The van der Waals surface area contributed by atoms with E-state index in [9.17, 15) is 4.79 Å². The molecule has 0 saturated carbocycles. The van der Waals surface area contributed by atoms with E-state index in [0.717, 1.165) is 47.0 Å². The number of carbonyl (C=O) groups is 1. The lowest BCUT2D eigenvalue weighted by molar-refractivity contribution is 0.0948. The second kappa shape index (κ2) is 15.6. The summed E-state index contributed by atoms with van der Waals surface area (Å²) < 4.78 is 22.1. The summed E-state index contributed by atoms with van der Waals surface area (Å²) >= 11 is 1.51. The predicted molar refractivity (Wildman–Crippen MR) is 184 cm³/mol. The summed E-state index contributed by atoms with van der Waals surface area (Å²) in [6.45, 7) is 2.84. The Balaban J connectivity index is 1.11. The molecule has 9 heteroatoms. The molecule has 6 rings (SSSR count). The summed E-state index contributed by atoms with van der Waals surface area (Å²) in [4.78, 5) is 20.3. The predicted octanol–water partition coefficient (Wildman–Crippen LogP) is 7.09. The second-order valence-corrected chi connectivity index (χ2v) is 12.3. The first-order valence-electron chi connectivity index (χ1n) is 15.7. The molecule has 0 radical (unpaired) electrons. The van der Waals surface area contributed by atoms with Crippen molar-refractivity contribution in [1.82, 2.24) is 15.2 Å². The van der Waals surface area contributed by atoms with Gasteiger partial charge in [0.2, 0.25) is 6.79 Å². The van der Waals surface area contributed by atoms with E-state index in [4.69, 9.17) is 23.9 Å². The minimum Gasteiger partial charge on any atom is -0.493 e. The first-order chi connectivity index (χ1) is 23.1. The fourth-order valence-corrected chi connectivity index (χ4v) is 6.65. The SMILES string of the molecule is COc1ccc(CCN(Cc2ccc3c(c2)OCO3)Cc2nc(C(=O)NCCC(c3ccccc3)c3ccccc3)cs2)cc1OC. The van der Waals surface area contributed by atoms with Crippen molar-refractivity contribution in [3.63, 3.8) is 0 Å². The van der Waals surface area contributed by atoms with Crippen LogP contribution in [0.1, 0.15) is 50.1 Å². The number of thiazole rings is 1. The summed E-state index contributed by atoms with van der Waals surface area (Å²) in [5, 5.41) is 5.84. The maximum atomic E-state index is 13.2. The Kier molecular flexibility index (Phi) is 10.7. The summed E-state index contributed by atoms with van der Waals surface area (Å²) in [7, 11) is 3.29. The highest BCUT2D eigenvalue weighted by Crippen LogP contribution is 2.33. The van der Waals surface area contributed by atoms with E-state index in [1.807, 2.05) is 41.8 Å². The summed E-state index contributed by atoms with van der Waals surface area (Å²) in [6.07, 6.45) is 1.59. The number of nitrogens with zero attached hydrogens (tertiary/aromatic N) is 2. The highest BCUT2D eigenvalue weighted by Gasteiger charge is 2.19.